The molecule has 0 saturated heterocycles. The predicted molar refractivity (Wildman–Crippen MR) is 103 cm³/mol. The lowest BCUT2D eigenvalue weighted by molar-refractivity contribution is -0.142. The lowest BCUT2D eigenvalue weighted by Crippen LogP contribution is -2.46. The molecular formula is C21H29NO4. The number of hydrogen-bond donors (Lipinski definition) is 2. The first-order chi connectivity index (χ1) is 12.6. The van der Waals surface area contributed by atoms with Crippen LogP contribution >= 0.6 is 0 Å². The Balaban J connectivity index is 2.96. The Labute approximate surface area is 156 Å². The van der Waals surface area contributed by atoms with E-state index in [1.54, 1.807) is 12.2 Å². The van der Waals surface area contributed by atoms with Crippen molar-refractivity contribution < 1.29 is 19.4 Å². The van der Waals surface area contributed by atoms with Gasteiger partial charge in [-0.05, 0) is 36.6 Å². The molecule has 0 fully saturated rings. The molecule has 0 aliphatic heterocycles. The van der Waals surface area contributed by atoms with Gasteiger partial charge in [-0.2, -0.15) is 0 Å². The quantitative estimate of drug-likeness (QED) is 0.361. The molecule has 1 rings (SSSR count). The smallest absolute Gasteiger partial charge is 0.327 e. The van der Waals surface area contributed by atoms with Gasteiger partial charge in [0.15, 0.2) is 0 Å². The molecule has 26 heavy (non-hydrogen) atoms. The topological polar surface area (TPSA) is 67.8 Å². The lowest BCUT2D eigenvalue weighted by Gasteiger charge is -2.23. The van der Waals surface area contributed by atoms with E-state index < -0.39 is 12.0 Å². The fraction of sp³-hybridized carbons (Fsp3) is 0.381. The summed E-state index contributed by atoms with van der Waals surface area (Å²) in [6, 6.07) is 8.89. The summed E-state index contributed by atoms with van der Waals surface area (Å²) in [6.07, 6.45) is 5.86. The zero-order valence-electron chi connectivity index (χ0n) is 15.8. The molecule has 0 amide bonds. The van der Waals surface area contributed by atoms with E-state index >= 15 is 0 Å². The summed E-state index contributed by atoms with van der Waals surface area (Å²) in [7, 11) is 1.34. The molecule has 2 unspecified atom stereocenters. The third-order valence-electron chi connectivity index (χ3n) is 3.98. The molecule has 0 heterocycles. The number of methoxy groups -OCH3 is 1. The number of benzene rings is 1. The standard InChI is InChI=1S/C21H29NO4/c1-5-17(20(21(24)25-4)22-18(6-2)14-23)13-19(7-3)26-15-16-11-9-8-10-12-16/h5,7-13,18,20,22-23H,3,6,14-15H2,1-2,4H3/b17-5+,19-13+. The van der Waals surface area contributed by atoms with Crippen molar-refractivity contribution in [2.45, 2.75) is 39.0 Å². The molecule has 0 aromatic heterocycles. The third kappa shape index (κ3) is 6.86. The molecule has 0 spiro atoms. The van der Waals surface area contributed by atoms with E-state index in [0.29, 0.717) is 24.4 Å². The molecule has 0 radical (unpaired) electrons. The molecule has 1 aromatic carbocycles. The first-order valence-corrected chi connectivity index (χ1v) is 8.71. The number of aliphatic hydroxyl groups is 1. The fourth-order valence-electron chi connectivity index (χ4n) is 2.35. The van der Waals surface area contributed by atoms with Gasteiger partial charge in [-0.1, -0.05) is 49.9 Å². The van der Waals surface area contributed by atoms with Crippen LogP contribution in [0.1, 0.15) is 25.8 Å². The average Bonchev–Trinajstić information content (AvgIpc) is 2.70. The van der Waals surface area contributed by atoms with E-state index in [9.17, 15) is 9.90 Å². The average molecular weight is 359 g/mol. The maximum atomic E-state index is 12.2. The molecule has 5 nitrogen and oxygen atoms in total. The minimum absolute atomic E-state index is 0.0659. The van der Waals surface area contributed by atoms with Crippen LogP contribution in [0.3, 0.4) is 0 Å². The number of rotatable bonds is 11. The maximum Gasteiger partial charge on any atom is 0.327 e. The largest absolute Gasteiger partial charge is 0.489 e. The van der Waals surface area contributed by atoms with Crippen molar-refractivity contribution in [3.8, 4) is 0 Å². The summed E-state index contributed by atoms with van der Waals surface area (Å²) >= 11 is 0. The highest BCUT2D eigenvalue weighted by Crippen LogP contribution is 2.14. The zero-order valence-corrected chi connectivity index (χ0v) is 15.8. The molecule has 0 aliphatic rings. The Morgan fingerprint density at radius 1 is 1.35 bits per heavy atom. The van der Waals surface area contributed by atoms with Gasteiger partial charge in [0.1, 0.15) is 18.4 Å². The lowest BCUT2D eigenvalue weighted by atomic mass is 10.0. The van der Waals surface area contributed by atoms with Gasteiger partial charge in [0.05, 0.1) is 13.7 Å². The second kappa shape index (κ2) is 12.1. The molecular weight excluding hydrogens is 330 g/mol. The van der Waals surface area contributed by atoms with Crippen molar-refractivity contribution in [2.24, 2.45) is 0 Å². The van der Waals surface area contributed by atoms with Gasteiger partial charge < -0.3 is 14.6 Å². The van der Waals surface area contributed by atoms with Crippen molar-refractivity contribution in [1.29, 1.82) is 0 Å². The van der Waals surface area contributed by atoms with Crippen LogP contribution in [-0.2, 0) is 20.9 Å². The van der Waals surface area contributed by atoms with E-state index in [2.05, 4.69) is 11.9 Å². The zero-order chi connectivity index (χ0) is 19.4. The number of allylic oxidation sites excluding steroid dienone is 2. The van der Waals surface area contributed by atoms with E-state index in [1.165, 1.54) is 7.11 Å². The first kappa shape index (κ1) is 21.7. The Kier molecular flexibility index (Phi) is 10.1. The summed E-state index contributed by atoms with van der Waals surface area (Å²) in [5.74, 6) is 0.127. The van der Waals surface area contributed by atoms with Crippen LogP contribution in [0.25, 0.3) is 0 Å². The molecule has 0 aliphatic carbocycles. The Morgan fingerprint density at radius 2 is 2.04 bits per heavy atom. The van der Waals surface area contributed by atoms with Crippen LogP contribution in [0.15, 0.2) is 66.5 Å². The third-order valence-corrected chi connectivity index (χ3v) is 3.98. The van der Waals surface area contributed by atoms with Crippen LogP contribution in [0.5, 0.6) is 0 Å². The van der Waals surface area contributed by atoms with E-state index in [1.807, 2.05) is 50.3 Å². The first-order valence-electron chi connectivity index (χ1n) is 8.71. The number of hydrogen-bond acceptors (Lipinski definition) is 5. The molecule has 2 N–H and O–H groups in total. The maximum absolute atomic E-state index is 12.2. The summed E-state index contributed by atoms with van der Waals surface area (Å²) in [6.45, 7) is 7.89. The van der Waals surface area contributed by atoms with Gasteiger partial charge >= 0.3 is 5.97 Å². The molecule has 5 heteroatoms. The fourth-order valence-corrected chi connectivity index (χ4v) is 2.35. The van der Waals surface area contributed by atoms with E-state index in [-0.39, 0.29) is 12.6 Å². The monoisotopic (exact) mass is 359 g/mol. The van der Waals surface area contributed by atoms with Gasteiger partial charge in [0, 0.05) is 6.04 Å². The number of esters is 1. The van der Waals surface area contributed by atoms with Crippen molar-refractivity contribution in [3.63, 3.8) is 0 Å². The minimum Gasteiger partial charge on any atom is -0.489 e. The summed E-state index contributed by atoms with van der Waals surface area (Å²) < 4.78 is 10.7. The van der Waals surface area contributed by atoms with Crippen LogP contribution < -0.4 is 5.32 Å². The summed E-state index contributed by atoms with van der Waals surface area (Å²) in [5.41, 5.74) is 1.72. The molecule has 0 saturated carbocycles. The number of nitrogens with one attached hydrogen (secondary N) is 1. The predicted octanol–water partition coefficient (Wildman–Crippen LogP) is 3.12. The molecule has 0 bridgehead atoms. The van der Waals surface area contributed by atoms with Gasteiger partial charge in [-0.3, -0.25) is 5.32 Å². The number of carbonyl (C=O) groups is 1. The van der Waals surface area contributed by atoms with E-state index in [0.717, 1.165) is 5.56 Å². The Bertz CT molecular complexity index is 618. The van der Waals surface area contributed by atoms with Crippen molar-refractivity contribution >= 4 is 5.97 Å². The highest BCUT2D eigenvalue weighted by Gasteiger charge is 2.25. The second-order valence-corrected chi connectivity index (χ2v) is 5.72. The molecule has 2 atom stereocenters. The van der Waals surface area contributed by atoms with Crippen LogP contribution in [0, 0.1) is 0 Å². The summed E-state index contributed by atoms with van der Waals surface area (Å²) in [5, 5.41) is 12.6. The SMILES string of the molecule is C=C/C(=C\C(=C/C)C(NC(CC)CO)C(=O)OC)OCc1ccccc1. The molecule has 1 aromatic rings. The number of carbonyl (C=O) groups excluding carboxylic acids is 1. The van der Waals surface area contributed by atoms with Gasteiger partial charge in [-0.25, -0.2) is 4.79 Å². The Hall–Kier alpha value is -2.37. The van der Waals surface area contributed by atoms with Gasteiger partial charge in [0.25, 0.3) is 0 Å². The van der Waals surface area contributed by atoms with Crippen molar-refractivity contribution in [1.82, 2.24) is 5.32 Å². The van der Waals surface area contributed by atoms with Crippen molar-refractivity contribution in [2.75, 3.05) is 13.7 Å². The van der Waals surface area contributed by atoms with Crippen LogP contribution in [0.4, 0.5) is 0 Å². The summed E-state index contributed by atoms with van der Waals surface area (Å²) in [4.78, 5) is 12.2. The number of aliphatic hydroxyl groups excluding tert-OH is 1. The van der Waals surface area contributed by atoms with Crippen molar-refractivity contribution in [3.05, 3.63) is 72.0 Å². The van der Waals surface area contributed by atoms with Crippen LogP contribution in [-0.4, -0.2) is 36.9 Å². The molecule has 142 valence electrons. The highest BCUT2D eigenvalue weighted by molar-refractivity contribution is 5.80. The van der Waals surface area contributed by atoms with Crippen LogP contribution in [0.2, 0.25) is 0 Å². The van der Waals surface area contributed by atoms with Gasteiger partial charge in [0.2, 0.25) is 0 Å². The van der Waals surface area contributed by atoms with E-state index in [4.69, 9.17) is 9.47 Å². The Morgan fingerprint density at radius 3 is 2.54 bits per heavy atom. The second-order valence-electron chi connectivity index (χ2n) is 5.72. The highest BCUT2D eigenvalue weighted by atomic mass is 16.5. The number of ether oxygens (including phenoxy) is 2. The van der Waals surface area contributed by atoms with Gasteiger partial charge in [-0.15, -0.1) is 0 Å². The normalized spacial score (nSPS) is 14.5. The minimum atomic E-state index is -0.697.